The van der Waals surface area contributed by atoms with Gasteiger partial charge in [-0.1, -0.05) is 11.6 Å². The fraction of sp³-hybridized carbons (Fsp3) is 0.385. The summed E-state index contributed by atoms with van der Waals surface area (Å²) in [5, 5.41) is 17.3. The maximum atomic E-state index is 11.0. The molecule has 1 aromatic rings. The van der Waals surface area contributed by atoms with Crippen molar-refractivity contribution >= 4 is 11.4 Å². The zero-order chi connectivity index (χ0) is 13.7. The Balaban J connectivity index is 2.12. The summed E-state index contributed by atoms with van der Waals surface area (Å²) in [5.41, 5.74) is 1.81. The molecule has 0 radical (unpaired) electrons. The minimum absolute atomic E-state index is 0.0651. The summed E-state index contributed by atoms with van der Waals surface area (Å²) < 4.78 is 5.09. The molecule has 1 aliphatic heterocycles. The Labute approximate surface area is 111 Å². The van der Waals surface area contributed by atoms with Gasteiger partial charge in [-0.3, -0.25) is 10.1 Å². The third kappa shape index (κ3) is 3.45. The van der Waals surface area contributed by atoms with E-state index >= 15 is 0 Å². The van der Waals surface area contributed by atoms with E-state index in [0.717, 1.165) is 19.5 Å². The van der Waals surface area contributed by atoms with Crippen LogP contribution in [-0.2, 0) is 0 Å². The van der Waals surface area contributed by atoms with Crippen molar-refractivity contribution in [1.29, 1.82) is 0 Å². The van der Waals surface area contributed by atoms with Crippen LogP contribution in [0, 0.1) is 10.1 Å². The summed E-state index contributed by atoms with van der Waals surface area (Å²) in [7, 11) is 1.54. The number of benzene rings is 1. The Hall–Kier alpha value is -2.08. The fourth-order valence-corrected chi connectivity index (χ4v) is 1.98. The lowest BCUT2D eigenvalue weighted by atomic mass is 10.1. The Bertz CT molecular complexity index is 500. The Morgan fingerprint density at radius 2 is 2.37 bits per heavy atom. The maximum Gasteiger partial charge on any atom is 0.292 e. The van der Waals surface area contributed by atoms with Gasteiger partial charge in [0.1, 0.15) is 11.4 Å². The van der Waals surface area contributed by atoms with Crippen molar-refractivity contribution in [3.63, 3.8) is 0 Å². The quantitative estimate of drug-likeness (QED) is 0.482. The molecule has 0 saturated carbocycles. The van der Waals surface area contributed by atoms with Crippen molar-refractivity contribution in [2.75, 3.05) is 32.1 Å². The second kappa shape index (κ2) is 6.19. The first-order chi connectivity index (χ1) is 9.20. The lowest BCUT2D eigenvalue weighted by molar-refractivity contribution is -0.384. The topological polar surface area (TPSA) is 76.4 Å². The van der Waals surface area contributed by atoms with Gasteiger partial charge in [-0.2, -0.15) is 0 Å². The molecule has 0 fully saturated rings. The van der Waals surface area contributed by atoms with E-state index in [1.807, 2.05) is 0 Å². The molecule has 1 aliphatic rings. The smallest absolute Gasteiger partial charge is 0.292 e. The molecule has 0 aliphatic carbocycles. The Kier molecular flexibility index (Phi) is 4.35. The number of rotatable bonds is 5. The molecule has 2 N–H and O–H groups in total. The fourth-order valence-electron chi connectivity index (χ4n) is 1.98. The van der Waals surface area contributed by atoms with Gasteiger partial charge < -0.3 is 15.4 Å². The zero-order valence-corrected chi connectivity index (χ0v) is 10.8. The minimum atomic E-state index is -0.390. The van der Waals surface area contributed by atoms with Crippen molar-refractivity contribution in [2.45, 2.75) is 6.42 Å². The summed E-state index contributed by atoms with van der Waals surface area (Å²) in [6.07, 6.45) is 3.08. The standard InChI is InChI=1S/C13H17N3O3/c1-19-11-2-3-13(16(17)18)12(8-11)15-9-10-4-6-14-7-5-10/h2-4,8,14-15H,5-7,9H2,1H3. The maximum absolute atomic E-state index is 11.0. The van der Waals surface area contributed by atoms with Crippen LogP contribution in [0.3, 0.4) is 0 Å². The molecule has 2 rings (SSSR count). The zero-order valence-electron chi connectivity index (χ0n) is 10.8. The molecule has 1 aromatic carbocycles. The van der Waals surface area contributed by atoms with Crippen molar-refractivity contribution in [3.05, 3.63) is 40.0 Å². The van der Waals surface area contributed by atoms with E-state index in [9.17, 15) is 10.1 Å². The molecule has 0 unspecified atom stereocenters. The molecule has 0 atom stereocenters. The van der Waals surface area contributed by atoms with Gasteiger partial charge in [-0.15, -0.1) is 0 Å². The molecule has 6 heteroatoms. The largest absolute Gasteiger partial charge is 0.497 e. The second-order valence-corrected chi connectivity index (χ2v) is 4.31. The average molecular weight is 263 g/mol. The van der Waals surface area contributed by atoms with Crippen molar-refractivity contribution in [2.24, 2.45) is 0 Å². The third-order valence-electron chi connectivity index (χ3n) is 3.06. The van der Waals surface area contributed by atoms with Gasteiger partial charge in [-0.05, 0) is 19.0 Å². The van der Waals surface area contributed by atoms with E-state index in [2.05, 4.69) is 16.7 Å². The van der Waals surface area contributed by atoms with E-state index in [0.29, 0.717) is 18.0 Å². The molecule has 0 bridgehead atoms. The number of methoxy groups -OCH3 is 1. The normalized spacial score (nSPS) is 14.7. The van der Waals surface area contributed by atoms with Gasteiger partial charge in [0.15, 0.2) is 0 Å². The number of nitrogens with one attached hydrogen (secondary N) is 2. The van der Waals surface area contributed by atoms with E-state index in [1.54, 1.807) is 19.2 Å². The van der Waals surface area contributed by atoms with Crippen LogP contribution in [0.25, 0.3) is 0 Å². The number of hydrogen-bond acceptors (Lipinski definition) is 5. The number of nitrogens with zero attached hydrogens (tertiary/aromatic N) is 1. The summed E-state index contributed by atoms with van der Waals surface area (Å²) in [4.78, 5) is 10.6. The highest BCUT2D eigenvalue weighted by molar-refractivity contribution is 5.64. The number of ether oxygens (including phenoxy) is 1. The average Bonchev–Trinajstić information content (AvgIpc) is 2.45. The first-order valence-electron chi connectivity index (χ1n) is 6.15. The van der Waals surface area contributed by atoms with E-state index in [4.69, 9.17) is 4.74 Å². The van der Waals surface area contributed by atoms with E-state index in [1.165, 1.54) is 11.6 Å². The highest BCUT2D eigenvalue weighted by atomic mass is 16.6. The molecule has 6 nitrogen and oxygen atoms in total. The van der Waals surface area contributed by atoms with Gasteiger partial charge in [-0.25, -0.2) is 0 Å². The first-order valence-corrected chi connectivity index (χ1v) is 6.15. The molecule has 0 saturated heterocycles. The van der Waals surface area contributed by atoms with Crippen molar-refractivity contribution < 1.29 is 9.66 Å². The van der Waals surface area contributed by atoms with Crippen LogP contribution >= 0.6 is 0 Å². The molecular formula is C13H17N3O3. The van der Waals surface area contributed by atoms with E-state index < -0.39 is 4.92 Å². The van der Waals surface area contributed by atoms with Crippen molar-refractivity contribution in [1.82, 2.24) is 5.32 Å². The second-order valence-electron chi connectivity index (χ2n) is 4.31. The molecule has 19 heavy (non-hydrogen) atoms. The van der Waals surface area contributed by atoms with Crippen LogP contribution in [0.5, 0.6) is 5.75 Å². The highest BCUT2D eigenvalue weighted by Gasteiger charge is 2.14. The number of nitro benzene ring substituents is 1. The number of anilines is 1. The highest BCUT2D eigenvalue weighted by Crippen LogP contribution is 2.29. The lowest BCUT2D eigenvalue weighted by Gasteiger charge is -2.15. The van der Waals surface area contributed by atoms with Gasteiger partial charge in [0.2, 0.25) is 0 Å². The van der Waals surface area contributed by atoms with Crippen LogP contribution in [0.4, 0.5) is 11.4 Å². The van der Waals surface area contributed by atoms with Gasteiger partial charge in [0, 0.05) is 25.2 Å². The molecule has 0 aromatic heterocycles. The SMILES string of the molecule is COc1ccc([N+](=O)[O-])c(NCC2=CCNCC2)c1. The van der Waals surface area contributed by atoms with Crippen LogP contribution < -0.4 is 15.4 Å². The minimum Gasteiger partial charge on any atom is -0.497 e. The number of hydrogen-bond donors (Lipinski definition) is 2. The Morgan fingerprint density at radius 1 is 1.53 bits per heavy atom. The monoisotopic (exact) mass is 263 g/mol. The van der Waals surface area contributed by atoms with Gasteiger partial charge in [0.25, 0.3) is 5.69 Å². The van der Waals surface area contributed by atoms with E-state index in [-0.39, 0.29) is 5.69 Å². The predicted octanol–water partition coefficient (Wildman–Crippen LogP) is 1.93. The summed E-state index contributed by atoms with van der Waals surface area (Å²) in [5.74, 6) is 0.604. The van der Waals surface area contributed by atoms with Crippen LogP contribution in [0.1, 0.15) is 6.42 Å². The molecule has 1 heterocycles. The molecule has 0 spiro atoms. The summed E-state index contributed by atoms with van der Waals surface area (Å²) >= 11 is 0. The molecular weight excluding hydrogens is 246 g/mol. The first kappa shape index (κ1) is 13.4. The molecule has 102 valence electrons. The summed E-state index contributed by atoms with van der Waals surface area (Å²) in [6, 6.07) is 4.70. The summed E-state index contributed by atoms with van der Waals surface area (Å²) in [6.45, 7) is 2.43. The number of nitro groups is 1. The molecule has 0 amide bonds. The van der Waals surface area contributed by atoms with Crippen LogP contribution in [0.15, 0.2) is 29.8 Å². The van der Waals surface area contributed by atoms with Gasteiger partial charge in [0.05, 0.1) is 12.0 Å². The van der Waals surface area contributed by atoms with Gasteiger partial charge >= 0.3 is 0 Å². The lowest BCUT2D eigenvalue weighted by Crippen LogP contribution is -2.23. The predicted molar refractivity (Wildman–Crippen MR) is 73.7 cm³/mol. The Morgan fingerprint density at radius 3 is 3.00 bits per heavy atom. The third-order valence-corrected chi connectivity index (χ3v) is 3.06. The van der Waals surface area contributed by atoms with Crippen LogP contribution in [-0.4, -0.2) is 31.7 Å². The van der Waals surface area contributed by atoms with Crippen molar-refractivity contribution in [3.8, 4) is 5.75 Å². The van der Waals surface area contributed by atoms with Crippen LogP contribution in [0.2, 0.25) is 0 Å².